The first kappa shape index (κ1) is 16.5. The highest BCUT2D eigenvalue weighted by Gasteiger charge is 2.59. The summed E-state index contributed by atoms with van der Waals surface area (Å²) in [6.07, 6.45) is 8.43. The van der Waals surface area contributed by atoms with E-state index < -0.39 is 5.91 Å². The van der Waals surface area contributed by atoms with E-state index in [0.717, 1.165) is 38.0 Å². The monoisotopic (exact) mass is 365 g/mol. The molecule has 4 aliphatic rings. The molecule has 5 rings (SSSR count). The first-order chi connectivity index (χ1) is 13.1. The Kier molecular flexibility index (Phi) is 3.64. The van der Waals surface area contributed by atoms with Crippen molar-refractivity contribution >= 4 is 29.1 Å². The van der Waals surface area contributed by atoms with Crippen LogP contribution in [-0.4, -0.2) is 30.8 Å². The summed E-state index contributed by atoms with van der Waals surface area (Å²) in [5.74, 6) is -0.970. The Morgan fingerprint density at radius 3 is 2.15 bits per heavy atom. The average molecular weight is 365 g/mol. The van der Waals surface area contributed by atoms with Gasteiger partial charge >= 0.3 is 0 Å². The molecule has 3 fully saturated rings. The molecule has 2 saturated heterocycles. The van der Waals surface area contributed by atoms with E-state index in [2.05, 4.69) is 17.1 Å². The number of piperidine rings is 1. The van der Waals surface area contributed by atoms with E-state index in [4.69, 9.17) is 5.73 Å². The number of rotatable bonds is 3. The smallest absolute Gasteiger partial charge is 0.248 e. The van der Waals surface area contributed by atoms with Gasteiger partial charge in [0.1, 0.15) is 0 Å². The summed E-state index contributed by atoms with van der Waals surface area (Å²) in [4.78, 5) is 41.8. The van der Waals surface area contributed by atoms with Crippen LogP contribution in [0.15, 0.2) is 30.4 Å². The van der Waals surface area contributed by atoms with Crippen molar-refractivity contribution in [3.05, 3.63) is 35.9 Å². The molecule has 140 valence electrons. The fraction of sp³-hybridized carbons (Fsp3) is 0.476. The zero-order chi connectivity index (χ0) is 18.7. The van der Waals surface area contributed by atoms with Crippen LogP contribution in [0.25, 0.3) is 0 Å². The Labute approximate surface area is 158 Å². The van der Waals surface area contributed by atoms with Gasteiger partial charge in [0, 0.05) is 18.7 Å². The van der Waals surface area contributed by atoms with Crippen LogP contribution in [0, 0.1) is 23.7 Å². The van der Waals surface area contributed by atoms with Crippen LogP contribution >= 0.6 is 0 Å². The highest BCUT2D eigenvalue weighted by atomic mass is 16.2. The minimum Gasteiger partial charge on any atom is -0.370 e. The summed E-state index contributed by atoms with van der Waals surface area (Å²) < 4.78 is 0. The van der Waals surface area contributed by atoms with Crippen LogP contribution in [0.4, 0.5) is 11.4 Å². The minimum atomic E-state index is -0.553. The maximum absolute atomic E-state index is 13.2. The topological polar surface area (TPSA) is 83.7 Å². The van der Waals surface area contributed by atoms with Crippen molar-refractivity contribution in [1.82, 2.24) is 0 Å². The highest BCUT2D eigenvalue weighted by Crippen LogP contribution is 2.54. The van der Waals surface area contributed by atoms with Gasteiger partial charge in [-0.3, -0.25) is 14.4 Å². The van der Waals surface area contributed by atoms with Gasteiger partial charge in [-0.1, -0.05) is 12.2 Å². The summed E-state index contributed by atoms with van der Waals surface area (Å²) in [5.41, 5.74) is 7.17. The van der Waals surface area contributed by atoms with Gasteiger partial charge in [-0.2, -0.15) is 0 Å². The van der Waals surface area contributed by atoms with E-state index in [1.165, 1.54) is 11.3 Å². The molecule has 6 nitrogen and oxygen atoms in total. The third kappa shape index (κ3) is 2.35. The molecule has 1 saturated carbocycles. The largest absolute Gasteiger partial charge is 0.370 e. The van der Waals surface area contributed by atoms with Crippen molar-refractivity contribution in [3.8, 4) is 0 Å². The Balaban J connectivity index is 1.59. The quantitative estimate of drug-likeness (QED) is 0.657. The summed E-state index contributed by atoms with van der Waals surface area (Å²) >= 11 is 0. The molecule has 2 N–H and O–H groups in total. The van der Waals surface area contributed by atoms with Crippen molar-refractivity contribution in [1.29, 1.82) is 0 Å². The lowest BCUT2D eigenvalue weighted by molar-refractivity contribution is -0.123. The van der Waals surface area contributed by atoms with Crippen molar-refractivity contribution < 1.29 is 14.4 Å². The lowest BCUT2D eigenvalue weighted by atomic mass is 9.85. The number of imide groups is 1. The summed E-state index contributed by atoms with van der Waals surface area (Å²) in [6.45, 7) is 1.78. The molecule has 0 aromatic heterocycles. The van der Waals surface area contributed by atoms with Gasteiger partial charge in [0.25, 0.3) is 0 Å². The Morgan fingerprint density at radius 2 is 1.56 bits per heavy atom. The van der Waals surface area contributed by atoms with E-state index in [1.807, 2.05) is 6.07 Å². The first-order valence-electron chi connectivity index (χ1n) is 9.81. The molecular formula is C21H23N3O3. The zero-order valence-corrected chi connectivity index (χ0v) is 15.1. The lowest BCUT2D eigenvalue weighted by Gasteiger charge is -2.32. The molecule has 2 aliphatic carbocycles. The van der Waals surface area contributed by atoms with Crippen molar-refractivity contribution in [3.63, 3.8) is 0 Å². The molecule has 3 amide bonds. The number of hydrogen-bond donors (Lipinski definition) is 1. The average Bonchev–Trinajstić information content (AvgIpc) is 3.36. The number of fused-ring (bicyclic) bond motifs is 5. The molecule has 1 aromatic rings. The number of benzene rings is 1. The van der Waals surface area contributed by atoms with E-state index in [-0.39, 0.29) is 35.5 Å². The molecule has 2 bridgehead atoms. The van der Waals surface area contributed by atoms with Crippen LogP contribution in [0.1, 0.15) is 36.0 Å². The van der Waals surface area contributed by atoms with E-state index in [1.54, 1.807) is 12.1 Å². The van der Waals surface area contributed by atoms with E-state index in [9.17, 15) is 14.4 Å². The van der Waals surface area contributed by atoms with Gasteiger partial charge in [0.05, 0.1) is 23.2 Å². The van der Waals surface area contributed by atoms with E-state index in [0.29, 0.717) is 11.3 Å². The fourth-order valence-corrected chi connectivity index (χ4v) is 5.40. The minimum absolute atomic E-state index is 0.123. The van der Waals surface area contributed by atoms with Crippen molar-refractivity contribution in [2.75, 3.05) is 22.9 Å². The molecule has 4 atom stereocenters. The molecule has 27 heavy (non-hydrogen) atoms. The summed E-state index contributed by atoms with van der Waals surface area (Å²) in [5, 5.41) is 0. The second kappa shape index (κ2) is 5.94. The number of amides is 3. The fourth-order valence-electron chi connectivity index (χ4n) is 5.40. The molecule has 0 spiro atoms. The van der Waals surface area contributed by atoms with Crippen LogP contribution in [0.3, 0.4) is 0 Å². The van der Waals surface area contributed by atoms with Gasteiger partial charge in [0.15, 0.2) is 0 Å². The van der Waals surface area contributed by atoms with Crippen molar-refractivity contribution in [2.45, 2.75) is 25.7 Å². The normalized spacial score (nSPS) is 31.7. The number of carbonyl (C=O) groups is 3. The van der Waals surface area contributed by atoms with Crippen LogP contribution < -0.4 is 15.5 Å². The first-order valence-corrected chi connectivity index (χ1v) is 9.81. The third-order valence-corrected chi connectivity index (χ3v) is 6.67. The lowest BCUT2D eigenvalue weighted by Crippen LogP contribution is -2.36. The van der Waals surface area contributed by atoms with Gasteiger partial charge in [-0.25, -0.2) is 4.90 Å². The number of nitrogens with zero attached hydrogens (tertiary/aromatic N) is 2. The molecule has 2 heterocycles. The van der Waals surface area contributed by atoms with Crippen LogP contribution in [-0.2, 0) is 9.59 Å². The Morgan fingerprint density at radius 1 is 0.926 bits per heavy atom. The van der Waals surface area contributed by atoms with Gasteiger partial charge in [0.2, 0.25) is 17.7 Å². The third-order valence-electron chi connectivity index (χ3n) is 6.67. The number of carbonyl (C=O) groups excluding carboxylic acids is 3. The standard InChI is InChI=1S/C21H23N3O3/c22-19(25)14-6-7-15(23-8-2-1-3-9-23)16(11-14)24-20(26)17-12-4-5-13(10-12)18(17)21(24)27/h4-7,11-13,17-18H,1-3,8-10H2,(H2,22,25)/t12-,13-,17-,18+/m1/s1. The SMILES string of the molecule is NC(=O)c1ccc(N2CCCCC2)c(N2C(=O)[C@@H]3[C@H](C2=O)[C@@H]2C=C[C@@H]3C2)c1. The highest BCUT2D eigenvalue weighted by molar-refractivity contribution is 6.24. The molecule has 0 radical (unpaired) electrons. The number of primary amides is 1. The van der Waals surface area contributed by atoms with Crippen LogP contribution in [0.5, 0.6) is 0 Å². The number of allylic oxidation sites excluding steroid dienone is 2. The zero-order valence-electron chi connectivity index (χ0n) is 15.1. The molecule has 1 aromatic carbocycles. The number of nitrogens with two attached hydrogens (primary N) is 1. The van der Waals surface area contributed by atoms with Crippen LogP contribution in [0.2, 0.25) is 0 Å². The summed E-state index contributed by atoms with van der Waals surface area (Å²) in [7, 11) is 0. The number of anilines is 2. The predicted octanol–water partition coefficient (Wildman–Crippen LogP) is 2.09. The number of hydrogen-bond acceptors (Lipinski definition) is 4. The van der Waals surface area contributed by atoms with Gasteiger partial charge in [-0.05, 0) is 55.7 Å². The summed E-state index contributed by atoms with van der Waals surface area (Å²) in [6, 6.07) is 5.15. The second-order valence-corrected chi connectivity index (χ2v) is 8.13. The van der Waals surface area contributed by atoms with E-state index >= 15 is 0 Å². The molecule has 0 unspecified atom stereocenters. The molecule has 2 aliphatic heterocycles. The Hall–Kier alpha value is -2.63. The Bertz CT molecular complexity index is 841. The maximum Gasteiger partial charge on any atom is 0.248 e. The maximum atomic E-state index is 13.2. The van der Waals surface area contributed by atoms with Gasteiger partial charge < -0.3 is 10.6 Å². The second-order valence-electron chi connectivity index (χ2n) is 8.13. The molecular weight excluding hydrogens is 342 g/mol. The van der Waals surface area contributed by atoms with Crippen molar-refractivity contribution in [2.24, 2.45) is 29.4 Å². The molecule has 6 heteroatoms. The van der Waals surface area contributed by atoms with Gasteiger partial charge in [-0.15, -0.1) is 0 Å². The predicted molar refractivity (Wildman–Crippen MR) is 101 cm³/mol.